The first-order chi connectivity index (χ1) is 9.00. The molecule has 1 aromatic carbocycles. The lowest BCUT2D eigenvalue weighted by molar-refractivity contribution is -0.141. The zero-order chi connectivity index (χ0) is 14.0. The largest absolute Gasteiger partial charge is 0.481 e. The normalized spacial score (nSPS) is 12.4. The first-order valence-corrected chi connectivity index (χ1v) is 6.23. The van der Waals surface area contributed by atoms with Crippen molar-refractivity contribution in [3.8, 4) is 11.4 Å². The fourth-order valence-electron chi connectivity index (χ4n) is 1.53. The number of carboxylic acid groups (broad SMARTS) is 1. The lowest BCUT2D eigenvalue weighted by Gasteiger charge is -2.08. The van der Waals surface area contributed by atoms with Crippen molar-refractivity contribution in [1.29, 1.82) is 0 Å². The van der Waals surface area contributed by atoms with Crippen LogP contribution in [0.4, 0.5) is 4.39 Å². The quantitative estimate of drug-likeness (QED) is 0.927. The van der Waals surface area contributed by atoms with Crippen LogP contribution in [-0.2, 0) is 11.3 Å². The summed E-state index contributed by atoms with van der Waals surface area (Å²) in [5.41, 5.74) is 0.219. The first-order valence-electron chi connectivity index (χ1n) is 5.44. The fraction of sp³-hybridized carbons (Fsp3) is 0.273. The van der Waals surface area contributed by atoms with Crippen molar-refractivity contribution < 1.29 is 14.3 Å². The van der Waals surface area contributed by atoms with Crippen LogP contribution >= 0.6 is 15.9 Å². The number of tetrazole rings is 1. The van der Waals surface area contributed by atoms with E-state index in [9.17, 15) is 9.18 Å². The highest BCUT2D eigenvalue weighted by Crippen LogP contribution is 2.26. The molecule has 0 aliphatic heterocycles. The molecule has 0 saturated heterocycles. The highest BCUT2D eigenvalue weighted by atomic mass is 79.9. The van der Waals surface area contributed by atoms with E-state index in [1.165, 1.54) is 17.7 Å². The molecule has 0 saturated carbocycles. The topological polar surface area (TPSA) is 80.9 Å². The molecule has 1 N–H and O–H groups in total. The second-order valence-corrected chi connectivity index (χ2v) is 4.88. The summed E-state index contributed by atoms with van der Waals surface area (Å²) >= 11 is 3.08. The number of carbonyl (C=O) groups is 1. The second-order valence-electron chi connectivity index (χ2n) is 4.03. The minimum atomic E-state index is -0.962. The third-order valence-corrected chi connectivity index (χ3v) is 3.21. The van der Waals surface area contributed by atoms with Gasteiger partial charge in [0.2, 0.25) is 0 Å². The lowest BCUT2D eigenvalue weighted by Crippen LogP contribution is -2.18. The summed E-state index contributed by atoms with van der Waals surface area (Å²) in [6, 6.07) is 4.75. The molecule has 0 aliphatic rings. The highest BCUT2D eigenvalue weighted by Gasteiger charge is 2.19. The zero-order valence-electron chi connectivity index (χ0n) is 9.92. The van der Waals surface area contributed by atoms with E-state index in [0.29, 0.717) is 4.47 Å². The van der Waals surface area contributed by atoms with Crippen LogP contribution in [0.5, 0.6) is 0 Å². The van der Waals surface area contributed by atoms with Crippen LogP contribution in [0.3, 0.4) is 0 Å². The van der Waals surface area contributed by atoms with Gasteiger partial charge < -0.3 is 5.11 Å². The minimum Gasteiger partial charge on any atom is -0.481 e. The average molecular weight is 329 g/mol. The van der Waals surface area contributed by atoms with Gasteiger partial charge in [-0.05, 0) is 38.5 Å². The van der Waals surface area contributed by atoms with Crippen molar-refractivity contribution in [3.63, 3.8) is 0 Å². The molecule has 2 rings (SSSR count). The molecule has 1 aromatic heterocycles. The van der Waals surface area contributed by atoms with Gasteiger partial charge in [0.15, 0.2) is 5.82 Å². The van der Waals surface area contributed by atoms with Crippen molar-refractivity contribution in [1.82, 2.24) is 20.2 Å². The number of hydrogen-bond acceptors (Lipinski definition) is 4. The molecule has 0 bridgehead atoms. The second kappa shape index (κ2) is 5.43. The maximum absolute atomic E-state index is 14.0. The smallest absolute Gasteiger partial charge is 0.308 e. The van der Waals surface area contributed by atoms with Crippen molar-refractivity contribution in [2.24, 2.45) is 5.92 Å². The van der Waals surface area contributed by atoms with Crippen LogP contribution < -0.4 is 0 Å². The molecule has 19 heavy (non-hydrogen) atoms. The number of carboxylic acids is 1. The summed E-state index contributed by atoms with van der Waals surface area (Å²) in [6.45, 7) is 1.61. The van der Waals surface area contributed by atoms with Crippen LogP contribution in [-0.4, -0.2) is 31.3 Å². The van der Waals surface area contributed by atoms with E-state index >= 15 is 0 Å². The van der Waals surface area contributed by atoms with Gasteiger partial charge in [-0.25, -0.2) is 9.07 Å². The molecular weight excluding hydrogens is 319 g/mol. The Morgan fingerprint density at radius 2 is 2.32 bits per heavy atom. The van der Waals surface area contributed by atoms with E-state index in [0.717, 1.165) is 0 Å². The van der Waals surface area contributed by atoms with Gasteiger partial charge in [0.25, 0.3) is 0 Å². The molecule has 8 heteroatoms. The molecule has 1 unspecified atom stereocenters. The van der Waals surface area contributed by atoms with Gasteiger partial charge in [-0.3, -0.25) is 4.79 Å². The zero-order valence-corrected chi connectivity index (χ0v) is 11.5. The third kappa shape index (κ3) is 2.78. The average Bonchev–Trinajstić information content (AvgIpc) is 2.80. The fourth-order valence-corrected chi connectivity index (χ4v) is 1.90. The lowest BCUT2D eigenvalue weighted by atomic mass is 10.1. The number of aromatic nitrogens is 4. The maximum atomic E-state index is 14.0. The minimum absolute atomic E-state index is 0.0730. The number of nitrogens with zero attached hydrogens (tertiary/aromatic N) is 4. The Hall–Kier alpha value is -1.83. The predicted molar refractivity (Wildman–Crippen MR) is 67.7 cm³/mol. The summed E-state index contributed by atoms with van der Waals surface area (Å²) in [5.74, 6) is -1.91. The molecule has 0 amide bonds. The molecule has 2 aromatic rings. The van der Waals surface area contributed by atoms with E-state index in [1.807, 2.05) is 0 Å². The van der Waals surface area contributed by atoms with E-state index in [-0.39, 0.29) is 17.9 Å². The summed E-state index contributed by atoms with van der Waals surface area (Å²) in [7, 11) is 0. The third-order valence-electron chi connectivity index (χ3n) is 2.59. The predicted octanol–water partition coefficient (Wildman–Crippen LogP) is 1.96. The van der Waals surface area contributed by atoms with Gasteiger partial charge in [0, 0.05) is 0 Å². The van der Waals surface area contributed by atoms with Gasteiger partial charge in [-0.15, -0.1) is 5.10 Å². The molecule has 0 fully saturated rings. The SMILES string of the molecule is CC(Cn1nnnc1-c1cccc(Br)c1F)C(=O)O. The number of aliphatic carboxylic acids is 1. The van der Waals surface area contributed by atoms with Gasteiger partial charge in [-0.2, -0.15) is 0 Å². The van der Waals surface area contributed by atoms with Crippen molar-refractivity contribution in [2.45, 2.75) is 13.5 Å². The monoisotopic (exact) mass is 328 g/mol. The standard InChI is InChI=1S/C11H10BrFN4O2/c1-6(11(18)19)5-17-10(14-15-16-17)7-3-2-4-8(12)9(7)13/h2-4,6H,5H2,1H3,(H,18,19). The number of benzene rings is 1. The van der Waals surface area contributed by atoms with E-state index < -0.39 is 17.7 Å². The highest BCUT2D eigenvalue weighted by molar-refractivity contribution is 9.10. The number of hydrogen-bond donors (Lipinski definition) is 1. The van der Waals surface area contributed by atoms with Gasteiger partial charge in [-0.1, -0.05) is 13.0 Å². The molecule has 100 valence electrons. The maximum Gasteiger partial charge on any atom is 0.308 e. The van der Waals surface area contributed by atoms with Crippen molar-refractivity contribution in [2.75, 3.05) is 0 Å². The Balaban J connectivity index is 2.39. The molecule has 0 spiro atoms. The van der Waals surface area contributed by atoms with Crippen molar-refractivity contribution in [3.05, 3.63) is 28.5 Å². The van der Waals surface area contributed by atoms with E-state index in [2.05, 4.69) is 31.5 Å². The van der Waals surface area contributed by atoms with Crippen LogP contribution in [0.25, 0.3) is 11.4 Å². The Kier molecular flexibility index (Phi) is 3.89. The van der Waals surface area contributed by atoms with Gasteiger partial charge in [0.1, 0.15) is 5.82 Å². The Morgan fingerprint density at radius 1 is 1.58 bits per heavy atom. The van der Waals surface area contributed by atoms with E-state index in [4.69, 9.17) is 5.11 Å². The molecule has 1 atom stereocenters. The Labute approximate surface area is 116 Å². The van der Waals surface area contributed by atoms with E-state index in [1.54, 1.807) is 12.1 Å². The summed E-state index contributed by atoms with van der Waals surface area (Å²) < 4.78 is 15.5. The van der Waals surface area contributed by atoms with Crippen molar-refractivity contribution >= 4 is 21.9 Å². The van der Waals surface area contributed by atoms with Crippen LogP contribution in [0.15, 0.2) is 22.7 Å². The van der Waals surface area contributed by atoms with Crippen LogP contribution in [0, 0.1) is 11.7 Å². The Morgan fingerprint density at radius 3 is 3.00 bits per heavy atom. The molecule has 1 heterocycles. The first kappa shape index (κ1) is 13.6. The molecule has 6 nitrogen and oxygen atoms in total. The molecule has 0 aliphatic carbocycles. The summed E-state index contributed by atoms with van der Waals surface area (Å²) in [4.78, 5) is 10.8. The molecule has 0 radical (unpaired) electrons. The van der Waals surface area contributed by atoms with Gasteiger partial charge >= 0.3 is 5.97 Å². The van der Waals surface area contributed by atoms with Crippen LogP contribution in [0.1, 0.15) is 6.92 Å². The number of halogens is 2. The summed E-state index contributed by atoms with van der Waals surface area (Å²) in [5, 5.41) is 19.8. The van der Waals surface area contributed by atoms with Gasteiger partial charge in [0.05, 0.1) is 22.5 Å². The van der Waals surface area contributed by atoms with Crippen LogP contribution in [0.2, 0.25) is 0 Å². The number of rotatable bonds is 4. The Bertz CT molecular complexity index is 616. The summed E-state index contributed by atoms with van der Waals surface area (Å²) in [6.07, 6.45) is 0. The molecular formula is C11H10BrFN4O2.